The Morgan fingerprint density at radius 1 is 1.20 bits per heavy atom. The van der Waals surface area contributed by atoms with Crippen LogP contribution in [-0.4, -0.2) is 26.2 Å². The number of carbonyl (C=O) groups is 1. The predicted octanol–water partition coefficient (Wildman–Crippen LogP) is 3.81. The van der Waals surface area contributed by atoms with E-state index >= 15 is 0 Å². The van der Waals surface area contributed by atoms with Gasteiger partial charge in [-0.2, -0.15) is 0 Å². The minimum Gasteiger partial charge on any atom is -0.494 e. The second kappa shape index (κ2) is 6.80. The van der Waals surface area contributed by atoms with Crippen molar-refractivity contribution in [2.45, 2.75) is 19.6 Å². The number of rotatable bonds is 3. The standard InChI is InChI=1S/C18H17ClFNO4/c1-10-18(22)21(13-4-5-15(23-2)14(20)8-13)9-11-6-12(19)7-16(24-3)17(11)25-10/h4-8,10H,9H2,1-3H3/t10-/m1/s1. The number of hydrogen-bond donors (Lipinski definition) is 0. The van der Waals surface area contributed by atoms with E-state index < -0.39 is 11.9 Å². The van der Waals surface area contributed by atoms with E-state index in [-0.39, 0.29) is 18.2 Å². The predicted molar refractivity (Wildman–Crippen MR) is 92.2 cm³/mol. The number of carbonyl (C=O) groups excluding carboxylic acids is 1. The summed E-state index contributed by atoms with van der Waals surface area (Å²) in [6, 6.07) is 7.70. The first-order chi connectivity index (χ1) is 11.9. The lowest BCUT2D eigenvalue weighted by Crippen LogP contribution is -2.38. The molecule has 0 aromatic heterocycles. The molecule has 132 valence electrons. The smallest absolute Gasteiger partial charge is 0.268 e. The fourth-order valence-corrected chi connectivity index (χ4v) is 2.99. The third kappa shape index (κ3) is 3.22. The van der Waals surface area contributed by atoms with Crippen LogP contribution in [0, 0.1) is 5.82 Å². The molecule has 0 bridgehead atoms. The van der Waals surface area contributed by atoms with Gasteiger partial charge in [-0.3, -0.25) is 4.79 Å². The van der Waals surface area contributed by atoms with Crippen molar-refractivity contribution < 1.29 is 23.4 Å². The Labute approximate surface area is 149 Å². The van der Waals surface area contributed by atoms with Gasteiger partial charge in [0.25, 0.3) is 5.91 Å². The Kier molecular flexibility index (Phi) is 4.72. The summed E-state index contributed by atoms with van der Waals surface area (Å²) in [6.07, 6.45) is -0.763. The molecule has 5 nitrogen and oxygen atoms in total. The highest BCUT2D eigenvalue weighted by Crippen LogP contribution is 2.39. The third-order valence-electron chi connectivity index (χ3n) is 4.00. The van der Waals surface area contributed by atoms with Crippen molar-refractivity contribution >= 4 is 23.2 Å². The summed E-state index contributed by atoms with van der Waals surface area (Å²) in [5.41, 5.74) is 1.09. The number of amides is 1. The molecule has 0 radical (unpaired) electrons. The molecule has 7 heteroatoms. The average molecular weight is 366 g/mol. The topological polar surface area (TPSA) is 48.0 Å². The summed E-state index contributed by atoms with van der Waals surface area (Å²) >= 11 is 6.13. The number of anilines is 1. The average Bonchev–Trinajstić information content (AvgIpc) is 2.71. The summed E-state index contributed by atoms with van der Waals surface area (Å²) in [6.45, 7) is 1.82. The third-order valence-corrected chi connectivity index (χ3v) is 4.22. The van der Waals surface area contributed by atoms with Gasteiger partial charge in [0, 0.05) is 28.4 Å². The first-order valence-electron chi connectivity index (χ1n) is 7.62. The van der Waals surface area contributed by atoms with Gasteiger partial charge < -0.3 is 19.1 Å². The number of ether oxygens (including phenoxy) is 3. The SMILES string of the molecule is COc1ccc(N2Cc3cc(Cl)cc(OC)c3O[C@H](C)C2=O)cc1F. The molecule has 2 aromatic rings. The minimum atomic E-state index is -0.763. The highest BCUT2D eigenvalue weighted by atomic mass is 35.5. The lowest BCUT2D eigenvalue weighted by atomic mass is 10.1. The number of nitrogens with zero attached hydrogens (tertiary/aromatic N) is 1. The van der Waals surface area contributed by atoms with Crippen LogP contribution in [-0.2, 0) is 11.3 Å². The van der Waals surface area contributed by atoms with Crippen LogP contribution in [0.2, 0.25) is 5.02 Å². The molecule has 1 aliphatic heterocycles. The van der Waals surface area contributed by atoms with E-state index in [0.29, 0.717) is 27.8 Å². The summed E-state index contributed by atoms with van der Waals surface area (Å²) < 4.78 is 30.1. The van der Waals surface area contributed by atoms with Crippen LogP contribution in [0.4, 0.5) is 10.1 Å². The fourth-order valence-electron chi connectivity index (χ4n) is 2.76. The molecule has 0 unspecified atom stereocenters. The molecule has 0 N–H and O–H groups in total. The highest BCUT2D eigenvalue weighted by Gasteiger charge is 2.31. The monoisotopic (exact) mass is 365 g/mol. The normalized spacial score (nSPS) is 16.8. The molecule has 1 amide bonds. The summed E-state index contributed by atoms with van der Waals surface area (Å²) in [4.78, 5) is 14.2. The van der Waals surface area contributed by atoms with Crippen LogP contribution in [0.5, 0.6) is 17.2 Å². The van der Waals surface area contributed by atoms with Crippen molar-refractivity contribution in [2.24, 2.45) is 0 Å². The van der Waals surface area contributed by atoms with Crippen molar-refractivity contribution in [1.82, 2.24) is 0 Å². The van der Waals surface area contributed by atoms with Gasteiger partial charge in [-0.05, 0) is 25.1 Å². The zero-order valence-electron chi connectivity index (χ0n) is 14.0. The van der Waals surface area contributed by atoms with E-state index in [9.17, 15) is 9.18 Å². The Balaban J connectivity index is 2.07. The molecule has 1 aliphatic rings. The minimum absolute atomic E-state index is 0.112. The van der Waals surface area contributed by atoms with Crippen molar-refractivity contribution in [3.8, 4) is 17.2 Å². The first-order valence-corrected chi connectivity index (χ1v) is 8.00. The van der Waals surface area contributed by atoms with Crippen LogP contribution in [0.15, 0.2) is 30.3 Å². The maximum Gasteiger partial charge on any atom is 0.268 e. The fraction of sp³-hybridized carbons (Fsp3) is 0.278. The number of hydrogen-bond acceptors (Lipinski definition) is 4. The molecule has 3 rings (SSSR count). The lowest BCUT2D eigenvalue weighted by Gasteiger charge is -2.22. The zero-order chi connectivity index (χ0) is 18.1. The highest BCUT2D eigenvalue weighted by molar-refractivity contribution is 6.30. The van der Waals surface area contributed by atoms with Gasteiger partial charge in [-0.25, -0.2) is 4.39 Å². The van der Waals surface area contributed by atoms with Crippen molar-refractivity contribution in [1.29, 1.82) is 0 Å². The largest absolute Gasteiger partial charge is 0.494 e. The van der Waals surface area contributed by atoms with Crippen molar-refractivity contribution in [3.63, 3.8) is 0 Å². The molecule has 0 fully saturated rings. The number of fused-ring (bicyclic) bond motifs is 1. The van der Waals surface area contributed by atoms with Gasteiger partial charge in [0.2, 0.25) is 0 Å². The molecule has 0 saturated heterocycles. The Bertz CT molecular complexity index is 827. The second-order valence-electron chi connectivity index (χ2n) is 5.60. The van der Waals surface area contributed by atoms with Crippen LogP contribution in [0.1, 0.15) is 12.5 Å². The molecule has 2 aromatic carbocycles. The van der Waals surface area contributed by atoms with Gasteiger partial charge in [0.05, 0.1) is 20.8 Å². The van der Waals surface area contributed by atoms with E-state index in [1.165, 1.54) is 31.3 Å². The second-order valence-corrected chi connectivity index (χ2v) is 6.04. The quantitative estimate of drug-likeness (QED) is 0.829. The molecule has 1 atom stereocenters. The molecule has 0 spiro atoms. The maximum atomic E-state index is 14.1. The molecule has 0 saturated carbocycles. The van der Waals surface area contributed by atoms with Gasteiger partial charge >= 0.3 is 0 Å². The Morgan fingerprint density at radius 2 is 1.92 bits per heavy atom. The maximum absolute atomic E-state index is 14.1. The van der Waals surface area contributed by atoms with E-state index in [1.807, 2.05) is 0 Å². The summed E-state index contributed by atoms with van der Waals surface area (Å²) in [5, 5.41) is 0.460. The summed E-state index contributed by atoms with van der Waals surface area (Å²) in [5.74, 6) is 0.183. The molecular formula is C18H17ClFNO4. The summed E-state index contributed by atoms with van der Waals surface area (Å²) in [7, 11) is 2.89. The van der Waals surface area contributed by atoms with Crippen LogP contribution in [0.3, 0.4) is 0 Å². The van der Waals surface area contributed by atoms with Crippen LogP contribution in [0.25, 0.3) is 0 Å². The van der Waals surface area contributed by atoms with Crippen LogP contribution < -0.4 is 19.1 Å². The van der Waals surface area contributed by atoms with E-state index in [0.717, 1.165) is 0 Å². The van der Waals surface area contributed by atoms with Gasteiger partial charge in [-0.15, -0.1) is 0 Å². The van der Waals surface area contributed by atoms with Crippen molar-refractivity contribution in [2.75, 3.05) is 19.1 Å². The Morgan fingerprint density at radius 3 is 2.56 bits per heavy atom. The molecule has 1 heterocycles. The van der Waals surface area contributed by atoms with Gasteiger partial charge in [0.1, 0.15) is 0 Å². The lowest BCUT2D eigenvalue weighted by molar-refractivity contribution is -0.124. The van der Waals surface area contributed by atoms with E-state index in [1.54, 1.807) is 25.1 Å². The van der Waals surface area contributed by atoms with E-state index in [2.05, 4.69) is 0 Å². The number of halogens is 2. The number of benzene rings is 2. The first kappa shape index (κ1) is 17.4. The molecular weight excluding hydrogens is 349 g/mol. The van der Waals surface area contributed by atoms with Gasteiger partial charge in [0.15, 0.2) is 29.2 Å². The van der Waals surface area contributed by atoms with E-state index in [4.69, 9.17) is 25.8 Å². The van der Waals surface area contributed by atoms with Crippen LogP contribution >= 0.6 is 11.6 Å². The zero-order valence-corrected chi connectivity index (χ0v) is 14.8. The molecule has 25 heavy (non-hydrogen) atoms. The molecule has 0 aliphatic carbocycles. The number of methoxy groups -OCH3 is 2. The van der Waals surface area contributed by atoms with Gasteiger partial charge in [-0.1, -0.05) is 11.6 Å². The Hall–Kier alpha value is -2.47. The van der Waals surface area contributed by atoms with Crippen molar-refractivity contribution in [3.05, 3.63) is 46.7 Å².